The first-order chi connectivity index (χ1) is 4.86. The van der Waals surface area contributed by atoms with Crippen LogP contribution in [0.15, 0.2) is 18.2 Å². The number of hydrogen-bond donors (Lipinski definition) is 1. The topological polar surface area (TPSA) is 26.0 Å². The third-order valence-electron chi connectivity index (χ3n) is 1.88. The molecule has 2 rings (SSSR count). The van der Waals surface area contributed by atoms with Gasteiger partial charge < -0.3 is 5.73 Å². The fourth-order valence-electron chi connectivity index (χ4n) is 1.16. The van der Waals surface area contributed by atoms with Crippen LogP contribution < -0.4 is 5.73 Å². The van der Waals surface area contributed by atoms with Crippen LogP contribution in [0.4, 0.5) is 5.69 Å². The Morgan fingerprint density at radius 1 is 1.40 bits per heavy atom. The van der Waals surface area contributed by atoms with Gasteiger partial charge in [-0.15, -0.1) is 0 Å². The number of rotatable bonds is 1. The summed E-state index contributed by atoms with van der Waals surface area (Å²) in [4.78, 5) is 0. The Morgan fingerprint density at radius 2 is 2.20 bits per heavy atom. The summed E-state index contributed by atoms with van der Waals surface area (Å²) in [6, 6.07) is 8.92. The first kappa shape index (κ1) is 5.78. The van der Waals surface area contributed by atoms with E-state index in [1.54, 1.807) is 0 Å². The second kappa shape index (κ2) is 2.01. The number of benzene rings is 1. The highest BCUT2D eigenvalue weighted by atomic mass is 14.5. The zero-order valence-corrected chi connectivity index (χ0v) is 5.80. The minimum absolute atomic E-state index is 0.791. The average molecular weight is 132 g/mol. The largest absolute Gasteiger partial charge is 0.399 e. The van der Waals surface area contributed by atoms with Gasteiger partial charge in [-0.3, -0.25) is 0 Å². The van der Waals surface area contributed by atoms with Crippen molar-refractivity contribution in [3.63, 3.8) is 0 Å². The maximum atomic E-state index is 5.59. The maximum absolute atomic E-state index is 5.59. The monoisotopic (exact) mass is 132 g/mol. The van der Waals surface area contributed by atoms with Crippen LogP contribution in [-0.2, 0) is 0 Å². The zero-order chi connectivity index (χ0) is 6.97. The summed E-state index contributed by atoms with van der Waals surface area (Å²) < 4.78 is 0. The molecule has 1 saturated carbocycles. The third kappa shape index (κ3) is 0.991. The van der Waals surface area contributed by atoms with Gasteiger partial charge in [-0.05, 0) is 42.5 Å². The summed E-state index contributed by atoms with van der Waals surface area (Å²) in [5, 5.41) is 0. The van der Waals surface area contributed by atoms with Gasteiger partial charge >= 0.3 is 0 Å². The first-order valence-corrected chi connectivity index (χ1v) is 3.63. The highest BCUT2D eigenvalue weighted by molar-refractivity contribution is 5.42. The molecule has 0 heterocycles. The van der Waals surface area contributed by atoms with E-state index in [0.717, 1.165) is 11.6 Å². The molecule has 0 aliphatic heterocycles. The molecule has 0 atom stereocenters. The quantitative estimate of drug-likeness (QED) is 0.581. The van der Waals surface area contributed by atoms with E-state index in [-0.39, 0.29) is 0 Å². The molecular formula is C9H10N. The van der Waals surface area contributed by atoms with Crippen LogP contribution >= 0.6 is 0 Å². The standard InChI is InChI=1S/C9H10N/c10-9-3-1-2-8(6-9)7-4-5-7/h2-3,6-7H,4-5,10H2. The van der Waals surface area contributed by atoms with Crippen molar-refractivity contribution in [2.45, 2.75) is 18.8 Å². The summed E-state index contributed by atoms with van der Waals surface area (Å²) in [7, 11) is 0. The second-order valence-electron chi connectivity index (χ2n) is 2.87. The van der Waals surface area contributed by atoms with E-state index >= 15 is 0 Å². The maximum Gasteiger partial charge on any atom is 0.0323 e. The van der Waals surface area contributed by atoms with Gasteiger partial charge in [0, 0.05) is 5.69 Å². The molecule has 1 fully saturated rings. The lowest BCUT2D eigenvalue weighted by Gasteiger charge is -1.96. The summed E-state index contributed by atoms with van der Waals surface area (Å²) in [6.07, 6.45) is 2.66. The van der Waals surface area contributed by atoms with Gasteiger partial charge in [0.1, 0.15) is 0 Å². The number of nitrogen functional groups attached to an aromatic ring is 1. The molecule has 1 aromatic rings. The molecule has 0 aromatic heterocycles. The van der Waals surface area contributed by atoms with Gasteiger partial charge in [0.25, 0.3) is 0 Å². The van der Waals surface area contributed by atoms with E-state index in [2.05, 4.69) is 6.07 Å². The summed E-state index contributed by atoms with van der Waals surface area (Å²) in [5.41, 5.74) is 7.79. The second-order valence-corrected chi connectivity index (χ2v) is 2.87. The smallest absolute Gasteiger partial charge is 0.0323 e. The van der Waals surface area contributed by atoms with Crippen molar-refractivity contribution in [1.29, 1.82) is 0 Å². The molecule has 1 aromatic carbocycles. The van der Waals surface area contributed by atoms with E-state index in [1.807, 2.05) is 18.2 Å². The molecule has 1 radical (unpaired) electrons. The molecule has 1 aliphatic carbocycles. The fraction of sp³-hybridized carbons (Fsp3) is 0.333. The van der Waals surface area contributed by atoms with Crippen molar-refractivity contribution >= 4 is 5.69 Å². The molecule has 0 amide bonds. The summed E-state index contributed by atoms with van der Waals surface area (Å²) in [6.45, 7) is 0. The molecule has 2 N–H and O–H groups in total. The van der Waals surface area contributed by atoms with E-state index < -0.39 is 0 Å². The number of hydrogen-bond acceptors (Lipinski definition) is 1. The van der Waals surface area contributed by atoms with Crippen LogP contribution in [0.1, 0.15) is 24.3 Å². The van der Waals surface area contributed by atoms with E-state index in [9.17, 15) is 0 Å². The van der Waals surface area contributed by atoms with Crippen molar-refractivity contribution in [3.05, 3.63) is 29.8 Å². The van der Waals surface area contributed by atoms with Gasteiger partial charge in [0.05, 0.1) is 0 Å². The third-order valence-corrected chi connectivity index (χ3v) is 1.88. The number of nitrogens with two attached hydrogens (primary N) is 1. The van der Waals surface area contributed by atoms with Crippen LogP contribution in [0, 0.1) is 6.07 Å². The lowest BCUT2D eigenvalue weighted by molar-refractivity contribution is 1.13. The van der Waals surface area contributed by atoms with Gasteiger partial charge in [-0.1, -0.05) is 6.07 Å². The summed E-state index contributed by atoms with van der Waals surface area (Å²) >= 11 is 0. The zero-order valence-electron chi connectivity index (χ0n) is 5.80. The van der Waals surface area contributed by atoms with E-state index in [0.29, 0.717) is 0 Å². The van der Waals surface area contributed by atoms with Crippen molar-refractivity contribution in [2.75, 3.05) is 5.73 Å². The average Bonchev–Trinajstić information content (AvgIpc) is 2.68. The fourth-order valence-corrected chi connectivity index (χ4v) is 1.16. The van der Waals surface area contributed by atoms with Crippen LogP contribution in [0.5, 0.6) is 0 Å². The van der Waals surface area contributed by atoms with Crippen LogP contribution in [-0.4, -0.2) is 0 Å². The molecule has 1 nitrogen and oxygen atoms in total. The molecule has 0 bridgehead atoms. The van der Waals surface area contributed by atoms with Gasteiger partial charge in [0.15, 0.2) is 0 Å². The molecule has 0 unspecified atom stereocenters. The minimum Gasteiger partial charge on any atom is -0.399 e. The van der Waals surface area contributed by atoms with E-state index in [1.165, 1.54) is 18.4 Å². The van der Waals surface area contributed by atoms with Crippen LogP contribution in [0.3, 0.4) is 0 Å². The van der Waals surface area contributed by atoms with Gasteiger partial charge in [0.2, 0.25) is 0 Å². The Bertz CT molecular complexity index is 238. The summed E-state index contributed by atoms with van der Waals surface area (Å²) in [5.74, 6) is 0.791. The Morgan fingerprint density at radius 3 is 2.80 bits per heavy atom. The van der Waals surface area contributed by atoms with Crippen molar-refractivity contribution in [1.82, 2.24) is 0 Å². The lowest BCUT2D eigenvalue weighted by atomic mass is 10.1. The molecule has 0 spiro atoms. The Hall–Kier alpha value is -0.980. The van der Waals surface area contributed by atoms with Crippen molar-refractivity contribution in [2.24, 2.45) is 0 Å². The minimum atomic E-state index is 0.791. The highest BCUT2D eigenvalue weighted by Gasteiger charge is 2.22. The number of anilines is 1. The van der Waals surface area contributed by atoms with E-state index in [4.69, 9.17) is 5.73 Å². The molecule has 1 heteroatoms. The molecule has 51 valence electrons. The predicted molar refractivity (Wildman–Crippen MR) is 41.7 cm³/mol. The SMILES string of the molecule is Nc1c[c]cc(C2CC2)c1. The highest BCUT2D eigenvalue weighted by Crippen LogP contribution is 2.40. The lowest BCUT2D eigenvalue weighted by Crippen LogP contribution is -1.85. The molecular weight excluding hydrogens is 122 g/mol. The van der Waals surface area contributed by atoms with Gasteiger partial charge in [-0.2, -0.15) is 0 Å². The van der Waals surface area contributed by atoms with Crippen LogP contribution in [0.2, 0.25) is 0 Å². The normalized spacial score (nSPS) is 17.2. The Balaban J connectivity index is 2.32. The van der Waals surface area contributed by atoms with Crippen LogP contribution in [0.25, 0.3) is 0 Å². The molecule has 0 saturated heterocycles. The van der Waals surface area contributed by atoms with Crippen molar-refractivity contribution < 1.29 is 0 Å². The van der Waals surface area contributed by atoms with Crippen molar-refractivity contribution in [3.8, 4) is 0 Å². The first-order valence-electron chi connectivity index (χ1n) is 3.63. The Labute approximate surface area is 60.9 Å². The van der Waals surface area contributed by atoms with Gasteiger partial charge in [-0.25, -0.2) is 0 Å². The molecule has 10 heavy (non-hydrogen) atoms. The predicted octanol–water partition coefficient (Wildman–Crippen LogP) is 1.95. The Kier molecular flexibility index (Phi) is 1.16. The molecule has 1 aliphatic rings.